The van der Waals surface area contributed by atoms with Crippen molar-refractivity contribution < 1.29 is 0 Å². The summed E-state index contributed by atoms with van der Waals surface area (Å²) >= 11 is 7.30. The fourth-order valence-corrected chi connectivity index (χ4v) is 7.81. The zero-order valence-corrected chi connectivity index (χ0v) is 32.2. The predicted molar refractivity (Wildman–Crippen MR) is 224 cm³/mol. The lowest BCUT2D eigenvalue weighted by atomic mass is 10.1. The van der Waals surface area contributed by atoms with E-state index in [0.717, 1.165) is 59.8 Å². The second kappa shape index (κ2) is 13.6. The summed E-state index contributed by atoms with van der Waals surface area (Å²) in [5.74, 6) is 0. The van der Waals surface area contributed by atoms with Gasteiger partial charge in [-0.05, 0) is 148 Å². The minimum Gasteiger partial charge on any atom is -0.310 e. The molecule has 0 amide bonds. The van der Waals surface area contributed by atoms with Gasteiger partial charge in [0.05, 0.1) is 11.0 Å². The van der Waals surface area contributed by atoms with Crippen LogP contribution in [0.2, 0.25) is 0 Å². The number of halogens is 2. The van der Waals surface area contributed by atoms with Crippen molar-refractivity contribution in [2.75, 3.05) is 9.80 Å². The molecule has 51 heavy (non-hydrogen) atoms. The van der Waals surface area contributed by atoms with E-state index in [1.807, 2.05) is 0 Å². The second-order valence-corrected chi connectivity index (χ2v) is 15.1. The number of hydrogen-bond acceptors (Lipinski definition) is 2. The van der Waals surface area contributed by atoms with Crippen molar-refractivity contribution in [3.63, 3.8) is 0 Å². The molecule has 0 aliphatic rings. The van der Waals surface area contributed by atoms with Crippen LogP contribution >= 0.6 is 31.9 Å². The fraction of sp³-hybridized carbons (Fsp3) is 0.0870. The maximum atomic E-state index is 3.65. The molecule has 0 aliphatic carbocycles. The summed E-state index contributed by atoms with van der Waals surface area (Å²) in [6.45, 7) is 8.70. The van der Waals surface area contributed by atoms with E-state index in [9.17, 15) is 0 Å². The van der Waals surface area contributed by atoms with Crippen LogP contribution in [0, 0.1) is 27.7 Å². The van der Waals surface area contributed by atoms with Crippen LogP contribution < -0.4 is 9.80 Å². The lowest BCUT2D eigenvalue weighted by Crippen LogP contribution is -2.11. The summed E-state index contributed by atoms with van der Waals surface area (Å²) < 4.78 is 4.50. The number of para-hydroxylation sites is 1. The third kappa shape index (κ3) is 6.26. The lowest BCUT2D eigenvalue weighted by Gasteiger charge is -2.28. The third-order valence-corrected chi connectivity index (χ3v) is 10.7. The zero-order chi connectivity index (χ0) is 35.2. The van der Waals surface area contributed by atoms with E-state index < -0.39 is 0 Å². The van der Waals surface area contributed by atoms with E-state index in [2.05, 4.69) is 226 Å². The van der Waals surface area contributed by atoms with Crippen molar-refractivity contribution in [3.8, 4) is 5.69 Å². The molecule has 0 saturated heterocycles. The molecular weight excluding hydrogens is 754 g/mol. The number of anilines is 6. The van der Waals surface area contributed by atoms with Gasteiger partial charge in [-0.25, -0.2) is 0 Å². The number of hydrogen-bond donors (Lipinski definition) is 0. The van der Waals surface area contributed by atoms with Crippen molar-refractivity contribution in [2.24, 2.45) is 0 Å². The van der Waals surface area contributed by atoms with Crippen molar-refractivity contribution in [2.45, 2.75) is 27.7 Å². The molecule has 0 radical (unpaired) electrons. The predicted octanol–water partition coefficient (Wildman–Crippen LogP) is 14.5. The van der Waals surface area contributed by atoms with E-state index in [-0.39, 0.29) is 0 Å². The molecule has 8 rings (SSSR count). The largest absolute Gasteiger partial charge is 0.310 e. The van der Waals surface area contributed by atoms with Gasteiger partial charge in [-0.1, -0.05) is 85.5 Å². The van der Waals surface area contributed by atoms with Crippen LogP contribution in [-0.2, 0) is 0 Å². The maximum Gasteiger partial charge on any atom is 0.0542 e. The van der Waals surface area contributed by atoms with Crippen molar-refractivity contribution >= 4 is 87.8 Å². The molecule has 0 saturated carbocycles. The van der Waals surface area contributed by atoms with Gasteiger partial charge in [-0.2, -0.15) is 0 Å². The highest BCUT2D eigenvalue weighted by Crippen LogP contribution is 2.44. The maximum absolute atomic E-state index is 3.65. The quantitative estimate of drug-likeness (QED) is 0.159. The topological polar surface area (TPSA) is 11.4 Å². The number of fused-ring (bicyclic) bond motifs is 3. The Morgan fingerprint density at radius 2 is 0.824 bits per heavy atom. The van der Waals surface area contributed by atoms with E-state index >= 15 is 0 Å². The first kappa shape index (κ1) is 33.1. The summed E-state index contributed by atoms with van der Waals surface area (Å²) in [5, 5.41) is 2.38. The zero-order valence-electron chi connectivity index (χ0n) is 29.0. The van der Waals surface area contributed by atoms with Crippen LogP contribution in [0.1, 0.15) is 22.3 Å². The molecular formula is C46H37Br2N3. The number of aryl methyl sites for hydroxylation is 4. The molecule has 0 unspecified atom stereocenters. The molecule has 5 heteroatoms. The van der Waals surface area contributed by atoms with Gasteiger partial charge in [-0.3, -0.25) is 0 Å². The molecule has 3 nitrogen and oxygen atoms in total. The first-order valence-corrected chi connectivity index (χ1v) is 18.7. The van der Waals surface area contributed by atoms with E-state index in [1.165, 1.54) is 33.0 Å². The molecule has 1 heterocycles. The molecule has 1 aromatic heterocycles. The Balaban J connectivity index is 1.40. The number of benzene rings is 7. The highest BCUT2D eigenvalue weighted by Gasteiger charge is 2.21. The fourth-order valence-electron chi connectivity index (χ4n) is 7.28. The van der Waals surface area contributed by atoms with Crippen LogP contribution in [0.15, 0.2) is 161 Å². The van der Waals surface area contributed by atoms with Crippen LogP contribution in [0.3, 0.4) is 0 Å². The Kier molecular flexibility index (Phi) is 8.79. The Labute approximate surface area is 316 Å². The van der Waals surface area contributed by atoms with Gasteiger partial charge >= 0.3 is 0 Å². The van der Waals surface area contributed by atoms with E-state index in [0.29, 0.717) is 0 Å². The van der Waals surface area contributed by atoms with Crippen LogP contribution in [0.5, 0.6) is 0 Å². The first-order chi connectivity index (χ1) is 24.7. The summed E-state index contributed by atoms with van der Waals surface area (Å²) in [5.41, 5.74) is 15.2. The average molecular weight is 792 g/mol. The van der Waals surface area contributed by atoms with Gasteiger partial charge in [0.1, 0.15) is 0 Å². The molecule has 0 atom stereocenters. The van der Waals surface area contributed by atoms with E-state index in [4.69, 9.17) is 0 Å². The van der Waals surface area contributed by atoms with Crippen LogP contribution in [-0.4, -0.2) is 4.57 Å². The summed E-state index contributed by atoms with van der Waals surface area (Å²) in [6.07, 6.45) is 0. The number of rotatable bonds is 7. The Morgan fingerprint density at radius 3 is 1.24 bits per heavy atom. The monoisotopic (exact) mass is 789 g/mol. The molecule has 0 N–H and O–H groups in total. The molecule has 250 valence electrons. The molecule has 0 fully saturated rings. The Bertz CT molecular complexity index is 2380. The molecule has 0 bridgehead atoms. The molecule has 7 aromatic carbocycles. The number of aromatic nitrogens is 1. The summed E-state index contributed by atoms with van der Waals surface area (Å²) in [4.78, 5) is 4.75. The Hall–Kier alpha value is -5.10. The van der Waals surface area contributed by atoms with Gasteiger partial charge in [0.15, 0.2) is 0 Å². The second-order valence-electron chi connectivity index (χ2n) is 13.3. The molecule has 0 aliphatic heterocycles. The van der Waals surface area contributed by atoms with Crippen molar-refractivity contribution in [1.29, 1.82) is 0 Å². The van der Waals surface area contributed by atoms with Crippen molar-refractivity contribution in [3.05, 3.63) is 183 Å². The van der Waals surface area contributed by atoms with Gasteiger partial charge in [0.2, 0.25) is 0 Å². The van der Waals surface area contributed by atoms with E-state index in [1.54, 1.807) is 0 Å². The minimum atomic E-state index is 1.06. The number of nitrogens with zero attached hydrogens (tertiary/aromatic N) is 3. The first-order valence-electron chi connectivity index (χ1n) is 17.1. The molecule has 8 aromatic rings. The third-order valence-electron chi connectivity index (χ3n) is 9.62. The average Bonchev–Trinajstić information content (AvgIpc) is 3.45. The van der Waals surface area contributed by atoms with Crippen LogP contribution in [0.25, 0.3) is 27.5 Å². The molecule has 0 spiro atoms. The smallest absolute Gasteiger partial charge is 0.0542 e. The minimum absolute atomic E-state index is 1.06. The van der Waals surface area contributed by atoms with Gasteiger partial charge in [0.25, 0.3) is 0 Å². The highest BCUT2D eigenvalue weighted by atomic mass is 79.9. The van der Waals surface area contributed by atoms with Crippen molar-refractivity contribution in [1.82, 2.24) is 4.57 Å². The van der Waals surface area contributed by atoms with Gasteiger partial charge in [0, 0.05) is 59.5 Å². The van der Waals surface area contributed by atoms with Gasteiger partial charge in [-0.15, -0.1) is 0 Å². The lowest BCUT2D eigenvalue weighted by molar-refractivity contribution is 1.18. The highest BCUT2D eigenvalue weighted by molar-refractivity contribution is 9.10. The normalized spacial score (nSPS) is 11.3. The standard InChI is InChI=1S/C46H37Br2N3/c1-30-10-22-43(32(3)26-30)49(37-16-12-34(47)13-17-37)39-20-24-45-41(28-39)42-29-40(21-25-46(42)51(45)36-8-6-5-7-9-36)50(38-18-14-35(48)15-19-38)44-23-11-31(2)27-33(44)4/h5-29H,1-4H3. The summed E-state index contributed by atoms with van der Waals surface area (Å²) in [6, 6.07) is 55.0. The SMILES string of the molecule is Cc1ccc(N(c2ccc(Br)cc2)c2ccc3c(c2)c2cc(N(c4ccc(Br)cc4)c4ccc(C)cc4C)ccc2n3-c2ccccc2)c(C)c1. The Morgan fingerprint density at radius 1 is 0.412 bits per heavy atom. The summed E-state index contributed by atoms with van der Waals surface area (Å²) in [7, 11) is 0. The van der Waals surface area contributed by atoms with Gasteiger partial charge < -0.3 is 14.4 Å². The van der Waals surface area contributed by atoms with Crippen LogP contribution in [0.4, 0.5) is 34.1 Å².